The van der Waals surface area contributed by atoms with Crippen LogP contribution >= 0.6 is 0 Å². The molecule has 1 saturated heterocycles. The lowest BCUT2D eigenvalue weighted by molar-refractivity contribution is -2.00. The van der Waals surface area contributed by atoms with Gasteiger partial charge >= 0.3 is 0 Å². The summed E-state index contributed by atoms with van der Waals surface area (Å²) in [7, 11) is -4.94. The van der Waals surface area contributed by atoms with Gasteiger partial charge in [0, 0.05) is 16.2 Å². The smallest absolute Gasteiger partial charge is 0.216 e. The van der Waals surface area contributed by atoms with Crippen LogP contribution in [-0.2, 0) is 0 Å². The Morgan fingerprint density at radius 2 is 1.65 bits per heavy atom. The zero-order chi connectivity index (χ0) is 17.3. The molecule has 1 fully saturated rings. The first-order valence-electron chi connectivity index (χ1n) is 6.93. The van der Waals surface area contributed by atoms with E-state index in [1.54, 1.807) is 24.3 Å². The lowest BCUT2D eigenvalue weighted by Gasteiger charge is -2.22. The van der Waals surface area contributed by atoms with Gasteiger partial charge in [-0.2, -0.15) is 0 Å². The molecule has 10 heteroatoms. The number of halogens is 1. The lowest BCUT2D eigenvalue weighted by Crippen LogP contribution is -3.13. The van der Waals surface area contributed by atoms with Crippen LogP contribution in [0.1, 0.15) is 29.6 Å². The molecule has 0 aromatic heterocycles. The molecule has 0 unspecified atom stereocenters. The van der Waals surface area contributed by atoms with Gasteiger partial charge in [-0.15, -0.1) is 10.2 Å². The summed E-state index contributed by atoms with van der Waals surface area (Å²) in [6.45, 7) is 2.77. The number of rotatable bonds is 4. The normalized spacial score (nSPS) is 15.1. The minimum atomic E-state index is -4.94. The fraction of sp³-hybridized carbons (Fsp3) is 0.462. The first kappa shape index (κ1) is 19.3. The van der Waals surface area contributed by atoms with E-state index in [2.05, 4.69) is 10.0 Å². The van der Waals surface area contributed by atoms with Gasteiger partial charge < -0.3 is 4.90 Å². The second-order valence-electron chi connectivity index (χ2n) is 5.02. The number of benzene rings is 1. The number of Topliss-reactive ketones (excluding diaryl/α,β-unsaturated/α-hetero) is 1. The first-order valence-corrected chi connectivity index (χ1v) is 8.16. The molecule has 0 atom stereocenters. The summed E-state index contributed by atoms with van der Waals surface area (Å²) in [5.74, 6) is 0.166. The second kappa shape index (κ2) is 9.43. The van der Waals surface area contributed by atoms with Gasteiger partial charge in [-0.3, -0.25) is 4.79 Å². The van der Waals surface area contributed by atoms with Gasteiger partial charge in [-0.1, -0.05) is 29.4 Å². The van der Waals surface area contributed by atoms with Crippen molar-refractivity contribution in [3.63, 3.8) is 0 Å². The van der Waals surface area contributed by atoms with E-state index in [4.69, 9.17) is 24.2 Å². The van der Waals surface area contributed by atoms with Crippen LogP contribution in [0.15, 0.2) is 29.4 Å². The molecular weight excluding hydrogens is 328 g/mol. The van der Waals surface area contributed by atoms with Crippen molar-refractivity contribution in [2.24, 2.45) is 5.11 Å². The molecule has 0 bridgehead atoms. The zero-order valence-electron chi connectivity index (χ0n) is 12.3. The van der Waals surface area contributed by atoms with Crippen molar-refractivity contribution in [1.82, 2.24) is 0 Å². The lowest BCUT2D eigenvalue weighted by atomic mass is 10.1. The highest BCUT2D eigenvalue weighted by molar-refractivity contribution is 5.97. The Bertz CT molecular complexity index is 542. The Labute approximate surface area is 135 Å². The molecule has 0 radical (unpaired) electrons. The van der Waals surface area contributed by atoms with E-state index < -0.39 is 10.2 Å². The summed E-state index contributed by atoms with van der Waals surface area (Å²) in [6, 6.07) is 6.82. The summed E-state index contributed by atoms with van der Waals surface area (Å²) >= 11 is 0. The highest BCUT2D eigenvalue weighted by Gasteiger charge is 2.18. The van der Waals surface area contributed by atoms with Crippen molar-refractivity contribution >= 4 is 11.5 Å². The summed E-state index contributed by atoms with van der Waals surface area (Å²) < 4.78 is 34.0. The van der Waals surface area contributed by atoms with Crippen LogP contribution < -0.4 is 23.5 Å². The Morgan fingerprint density at radius 3 is 2.13 bits per heavy atom. The third kappa shape index (κ3) is 9.11. The zero-order valence-corrected chi connectivity index (χ0v) is 13.1. The highest BCUT2D eigenvalue weighted by Crippen LogP contribution is 2.13. The molecule has 1 aromatic carbocycles. The van der Waals surface area contributed by atoms with E-state index in [-0.39, 0.29) is 5.78 Å². The van der Waals surface area contributed by atoms with Crippen LogP contribution in [0.25, 0.3) is 10.4 Å². The van der Waals surface area contributed by atoms with Crippen molar-refractivity contribution in [3.8, 4) is 0 Å². The van der Waals surface area contributed by atoms with Crippen molar-refractivity contribution in [2.45, 2.75) is 19.3 Å². The predicted octanol–water partition coefficient (Wildman–Crippen LogP) is -2.88. The number of azide groups is 1. The average Bonchev–Trinajstić information content (AvgIpc) is 2.47. The number of nitrogens with one attached hydrogen (secondary N) is 1. The molecule has 1 heterocycles. The van der Waals surface area contributed by atoms with Gasteiger partial charge in [0.05, 0.1) is 13.1 Å². The molecule has 0 spiro atoms. The highest BCUT2D eigenvalue weighted by atomic mass is 35.7. The van der Waals surface area contributed by atoms with Crippen LogP contribution in [0, 0.1) is 10.2 Å². The molecule has 2 rings (SSSR count). The minimum Gasteiger partial charge on any atom is -0.328 e. The van der Waals surface area contributed by atoms with Crippen LogP contribution in [0.2, 0.25) is 0 Å². The summed E-state index contributed by atoms with van der Waals surface area (Å²) in [6.07, 6.45) is 3.73. The maximum absolute atomic E-state index is 12.1. The molecule has 1 N–H and O–H groups in total. The largest absolute Gasteiger partial charge is 0.328 e. The fourth-order valence-electron chi connectivity index (χ4n) is 2.32. The van der Waals surface area contributed by atoms with Gasteiger partial charge in [-0.05, 0) is 24.8 Å². The molecule has 1 aliphatic heterocycles. The summed E-state index contributed by atoms with van der Waals surface area (Å²) in [5.41, 5.74) is 9.54. The quantitative estimate of drug-likeness (QED) is 0.268. The maximum Gasteiger partial charge on any atom is 0.216 e. The summed E-state index contributed by atoms with van der Waals surface area (Å²) in [5, 5.41) is 3.49. The van der Waals surface area contributed by atoms with E-state index in [9.17, 15) is 4.79 Å². The second-order valence-corrected chi connectivity index (χ2v) is 5.78. The van der Waals surface area contributed by atoms with Gasteiger partial charge in [-0.25, -0.2) is 18.6 Å². The standard InChI is InChI=1S/C13H16N4O.ClHO4/c14-16-15-12-6-4-11(5-7-12)13(18)10-17-8-2-1-3-9-17;2-1(3,4)5/h4-7H,1-3,8-10H2;(H,2,3,4,5). The SMILES string of the molecule is [N-]=[N+]=Nc1ccc(C(=O)C[NH+]2CCCCC2)cc1.[O-][Cl+3]([O-])([O-])[O-]. The molecule has 23 heavy (non-hydrogen) atoms. The molecule has 0 saturated carbocycles. The van der Waals surface area contributed by atoms with Crippen LogP contribution in [0.5, 0.6) is 0 Å². The van der Waals surface area contributed by atoms with Crippen molar-refractivity contribution < 1.29 is 38.6 Å². The third-order valence-electron chi connectivity index (χ3n) is 3.32. The van der Waals surface area contributed by atoms with Crippen LogP contribution in [0.3, 0.4) is 0 Å². The number of piperidine rings is 1. The van der Waals surface area contributed by atoms with E-state index >= 15 is 0 Å². The van der Waals surface area contributed by atoms with Gasteiger partial charge in [0.15, 0.2) is 0 Å². The molecule has 126 valence electrons. The van der Waals surface area contributed by atoms with E-state index in [0.717, 1.165) is 13.1 Å². The number of likely N-dealkylation sites (tertiary alicyclic amines) is 1. The Morgan fingerprint density at radius 1 is 1.13 bits per heavy atom. The molecule has 0 aliphatic carbocycles. The number of hydrogen-bond donors (Lipinski definition) is 1. The maximum atomic E-state index is 12.1. The number of carbonyl (C=O) groups is 1. The average molecular weight is 345 g/mol. The number of quaternary nitrogens is 1. The molecule has 9 nitrogen and oxygen atoms in total. The van der Waals surface area contributed by atoms with Crippen molar-refractivity contribution in [2.75, 3.05) is 19.6 Å². The first-order chi connectivity index (χ1) is 10.8. The molecule has 0 amide bonds. The topological polar surface area (TPSA) is 163 Å². The Hall–Kier alpha value is -1.71. The predicted molar refractivity (Wildman–Crippen MR) is 69.0 cm³/mol. The van der Waals surface area contributed by atoms with Crippen LogP contribution in [-0.4, -0.2) is 25.4 Å². The van der Waals surface area contributed by atoms with Crippen LogP contribution in [0.4, 0.5) is 5.69 Å². The molecule has 1 aromatic rings. The Kier molecular flexibility index (Phi) is 7.93. The number of carbonyl (C=O) groups excluding carboxylic acids is 1. The fourth-order valence-corrected chi connectivity index (χ4v) is 2.32. The van der Waals surface area contributed by atoms with E-state index in [0.29, 0.717) is 17.8 Å². The van der Waals surface area contributed by atoms with Gasteiger partial charge in [0.25, 0.3) is 0 Å². The van der Waals surface area contributed by atoms with Gasteiger partial charge in [0.2, 0.25) is 5.78 Å². The molecule has 1 aliphatic rings. The Balaban J connectivity index is 0.000000463. The van der Waals surface area contributed by atoms with Gasteiger partial charge in [0.1, 0.15) is 6.54 Å². The van der Waals surface area contributed by atoms with E-state index in [1.165, 1.54) is 24.2 Å². The third-order valence-corrected chi connectivity index (χ3v) is 3.32. The minimum absolute atomic E-state index is 0.166. The number of nitrogens with zero attached hydrogens (tertiary/aromatic N) is 3. The molecular formula is C13H17ClN4O5. The monoisotopic (exact) mass is 344 g/mol. The van der Waals surface area contributed by atoms with Crippen molar-refractivity contribution in [3.05, 3.63) is 40.3 Å². The van der Waals surface area contributed by atoms with E-state index in [1.807, 2.05) is 0 Å². The summed E-state index contributed by atoms with van der Waals surface area (Å²) in [4.78, 5) is 16.1. The number of ketones is 1. The number of hydrogen-bond acceptors (Lipinski definition) is 6. The van der Waals surface area contributed by atoms with Crippen molar-refractivity contribution in [1.29, 1.82) is 0 Å².